The van der Waals surface area contributed by atoms with E-state index in [4.69, 9.17) is 0 Å². The molecule has 1 amide bonds. The minimum atomic E-state index is -2.78. The monoisotopic (exact) mass is 398 g/mol. The molecule has 1 aromatic rings. The van der Waals surface area contributed by atoms with Gasteiger partial charge in [0.25, 0.3) is 5.92 Å². The molecule has 5 nitrogen and oxygen atoms in total. The molecular weight excluding hydrogens is 373 g/mol. The maximum Gasteiger partial charge on any atom is 0.262 e. The van der Waals surface area contributed by atoms with Gasteiger partial charge < -0.3 is 9.88 Å². The molecule has 0 saturated carbocycles. The number of halogens is 4. The standard InChI is InChI=1S/C16H24F2N4O.2ClH/c1-15(2,3)12-8-22-7-10(4-5-13(22)21-12)20-14(23)11-6-16(17,18)9-19-11;;/h8,10-11,19H,4-7,9H2,1-3H3,(H,20,23);2*1H. The summed E-state index contributed by atoms with van der Waals surface area (Å²) in [4.78, 5) is 16.8. The van der Waals surface area contributed by atoms with Crippen LogP contribution in [0.15, 0.2) is 6.20 Å². The van der Waals surface area contributed by atoms with Crippen LogP contribution in [0.1, 0.15) is 45.1 Å². The first-order chi connectivity index (χ1) is 10.6. The number of nitrogens with one attached hydrogen (secondary N) is 2. The van der Waals surface area contributed by atoms with E-state index in [-0.39, 0.29) is 42.2 Å². The Balaban J connectivity index is 0.00000156. The van der Waals surface area contributed by atoms with Crippen LogP contribution < -0.4 is 10.6 Å². The van der Waals surface area contributed by atoms with Crippen molar-refractivity contribution in [2.75, 3.05) is 6.54 Å². The lowest BCUT2D eigenvalue weighted by molar-refractivity contribution is -0.124. The largest absolute Gasteiger partial charge is 0.350 e. The van der Waals surface area contributed by atoms with Crippen LogP contribution in [0.5, 0.6) is 0 Å². The van der Waals surface area contributed by atoms with Crippen molar-refractivity contribution in [2.45, 2.75) is 70.0 Å². The summed E-state index contributed by atoms with van der Waals surface area (Å²) < 4.78 is 28.5. The second-order valence-electron chi connectivity index (χ2n) is 7.68. The Hall–Kier alpha value is -0.920. The molecular formula is C16H26Cl2F2N4O. The summed E-state index contributed by atoms with van der Waals surface area (Å²) in [5.41, 5.74) is 1.03. The molecule has 3 heterocycles. The fraction of sp³-hybridized carbons (Fsp3) is 0.750. The van der Waals surface area contributed by atoms with Gasteiger partial charge in [-0.05, 0) is 6.42 Å². The van der Waals surface area contributed by atoms with Crippen molar-refractivity contribution in [1.82, 2.24) is 20.2 Å². The van der Waals surface area contributed by atoms with Crippen molar-refractivity contribution in [3.05, 3.63) is 17.7 Å². The van der Waals surface area contributed by atoms with Gasteiger partial charge in [-0.3, -0.25) is 10.1 Å². The molecule has 1 aromatic heterocycles. The highest BCUT2D eigenvalue weighted by Gasteiger charge is 2.42. The molecule has 2 N–H and O–H groups in total. The highest BCUT2D eigenvalue weighted by atomic mass is 35.5. The van der Waals surface area contributed by atoms with E-state index in [0.717, 1.165) is 24.4 Å². The Morgan fingerprint density at radius 3 is 2.64 bits per heavy atom. The lowest BCUT2D eigenvalue weighted by atomic mass is 9.93. The van der Waals surface area contributed by atoms with Crippen LogP contribution in [0.2, 0.25) is 0 Å². The first kappa shape index (κ1) is 22.1. The van der Waals surface area contributed by atoms with Gasteiger partial charge in [0, 0.05) is 37.0 Å². The number of imidazole rings is 1. The molecule has 1 saturated heterocycles. The third-order valence-corrected chi connectivity index (χ3v) is 4.53. The third kappa shape index (κ3) is 5.05. The van der Waals surface area contributed by atoms with E-state index in [0.29, 0.717) is 6.54 Å². The Labute approximate surface area is 159 Å². The topological polar surface area (TPSA) is 59.0 Å². The molecule has 0 bridgehead atoms. The van der Waals surface area contributed by atoms with Gasteiger partial charge in [0.2, 0.25) is 5.91 Å². The SMILES string of the molecule is CC(C)(C)c1cn2c(n1)CCC(NC(=O)C1CC(F)(F)CN1)C2.Cl.Cl. The second kappa shape index (κ2) is 7.76. The summed E-state index contributed by atoms with van der Waals surface area (Å²) in [7, 11) is 0. The molecule has 0 aromatic carbocycles. The molecule has 2 unspecified atom stereocenters. The number of hydrogen-bond acceptors (Lipinski definition) is 3. The number of amides is 1. The number of carbonyl (C=O) groups excluding carboxylic acids is 1. The van der Waals surface area contributed by atoms with Gasteiger partial charge >= 0.3 is 0 Å². The van der Waals surface area contributed by atoms with Crippen LogP contribution in [0.25, 0.3) is 0 Å². The van der Waals surface area contributed by atoms with Gasteiger partial charge in [0.1, 0.15) is 5.82 Å². The van der Waals surface area contributed by atoms with Gasteiger partial charge in [-0.15, -0.1) is 24.8 Å². The first-order valence-corrected chi connectivity index (χ1v) is 8.12. The van der Waals surface area contributed by atoms with E-state index in [9.17, 15) is 13.6 Å². The molecule has 25 heavy (non-hydrogen) atoms. The highest BCUT2D eigenvalue weighted by Crippen LogP contribution is 2.26. The molecule has 0 radical (unpaired) electrons. The minimum Gasteiger partial charge on any atom is -0.350 e. The zero-order valence-corrected chi connectivity index (χ0v) is 16.3. The number of nitrogens with zero attached hydrogens (tertiary/aromatic N) is 2. The molecule has 0 spiro atoms. The van der Waals surface area contributed by atoms with E-state index in [1.165, 1.54) is 0 Å². The Kier molecular flexibility index (Phi) is 6.87. The van der Waals surface area contributed by atoms with Crippen molar-refractivity contribution < 1.29 is 13.6 Å². The van der Waals surface area contributed by atoms with Gasteiger partial charge in [0.15, 0.2) is 0 Å². The predicted octanol–water partition coefficient (Wildman–Crippen LogP) is 2.45. The number of aromatic nitrogens is 2. The number of alkyl halides is 2. The average molecular weight is 399 g/mol. The molecule has 2 aliphatic heterocycles. The molecule has 3 rings (SSSR count). The van der Waals surface area contributed by atoms with Crippen molar-refractivity contribution >= 4 is 30.7 Å². The Bertz CT molecular complexity index is 616. The van der Waals surface area contributed by atoms with Gasteiger partial charge in [-0.2, -0.15) is 0 Å². The smallest absolute Gasteiger partial charge is 0.262 e. The average Bonchev–Trinajstić information content (AvgIpc) is 3.01. The Morgan fingerprint density at radius 1 is 1.40 bits per heavy atom. The van der Waals surface area contributed by atoms with Crippen molar-refractivity contribution in [3.63, 3.8) is 0 Å². The summed E-state index contributed by atoms with van der Waals surface area (Å²) >= 11 is 0. The molecule has 1 fully saturated rings. The number of hydrogen-bond donors (Lipinski definition) is 2. The zero-order valence-electron chi connectivity index (χ0n) is 14.6. The van der Waals surface area contributed by atoms with Crippen LogP contribution in [-0.2, 0) is 23.2 Å². The number of aryl methyl sites for hydroxylation is 1. The van der Waals surface area contributed by atoms with E-state index >= 15 is 0 Å². The fourth-order valence-corrected chi connectivity index (χ4v) is 3.13. The molecule has 2 aliphatic rings. The Morgan fingerprint density at radius 2 is 2.08 bits per heavy atom. The molecule has 9 heteroatoms. The zero-order chi connectivity index (χ0) is 16.8. The second-order valence-corrected chi connectivity index (χ2v) is 7.68. The molecule has 0 aliphatic carbocycles. The van der Waals surface area contributed by atoms with Crippen LogP contribution in [0, 0.1) is 0 Å². The fourth-order valence-electron chi connectivity index (χ4n) is 3.13. The maximum absolute atomic E-state index is 13.2. The van der Waals surface area contributed by atoms with Crippen LogP contribution in [0.3, 0.4) is 0 Å². The quantitative estimate of drug-likeness (QED) is 0.804. The maximum atomic E-state index is 13.2. The first-order valence-electron chi connectivity index (χ1n) is 8.12. The predicted molar refractivity (Wildman–Crippen MR) is 97.0 cm³/mol. The van der Waals surface area contributed by atoms with E-state index in [1.54, 1.807) is 0 Å². The number of rotatable bonds is 2. The lowest BCUT2D eigenvalue weighted by Gasteiger charge is -2.26. The summed E-state index contributed by atoms with van der Waals surface area (Å²) in [6.45, 7) is 6.58. The normalized spacial score (nSPS) is 24.7. The van der Waals surface area contributed by atoms with E-state index < -0.39 is 24.9 Å². The van der Waals surface area contributed by atoms with Gasteiger partial charge in [-0.25, -0.2) is 13.8 Å². The summed E-state index contributed by atoms with van der Waals surface area (Å²) in [6.07, 6.45) is 3.19. The van der Waals surface area contributed by atoms with E-state index in [2.05, 4.69) is 41.0 Å². The van der Waals surface area contributed by atoms with Gasteiger partial charge in [-0.1, -0.05) is 20.8 Å². The summed E-state index contributed by atoms with van der Waals surface area (Å²) in [6, 6.07) is -0.827. The van der Waals surface area contributed by atoms with Crippen LogP contribution >= 0.6 is 24.8 Å². The molecule has 2 atom stereocenters. The van der Waals surface area contributed by atoms with Gasteiger partial charge in [0.05, 0.1) is 18.3 Å². The van der Waals surface area contributed by atoms with Crippen LogP contribution in [-0.4, -0.2) is 40.0 Å². The van der Waals surface area contributed by atoms with Crippen molar-refractivity contribution in [1.29, 1.82) is 0 Å². The number of fused-ring (bicyclic) bond motifs is 1. The summed E-state index contributed by atoms with van der Waals surface area (Å²) in [5, 5.41) is 5.50. The van der Waals surface area contributed by atoms with Crippen LogP contribution in [0.4, 0.5) is 8.78 Å². The van der Waals surface area contributed by atoms with E-state index in [1.807, 2.05) is 6.20 Å². The van der Waals surface area contributed by atoms with Crippen molar-refractivity contribution in [3.8, 4) is 0 Å². The lowest BCUT2D eigenvalue weighted by Crippen LogP contribution is -2.48. The summed E-state index contributed by atoms with van der Waals surface area (Å²) in [5.74, 6) is -2.08. The highest BCUT2D eigenvalue weighted by molar-refractivity contribution is 5.85. The third-order valence-electron chi connectivity index (χ3n) is 4.53. The minimum absolute atomic E-state index is 0. The molecule has 144 valence electrons. The number of carbonyl (C=O) groups is 1. The van der Waals surface area contributed by atoms with Crippen molar-refractivity contribution in [2.24, 2.45) is 0 Å².